The molecule has 0 aliphatic carbocycles. The van der Waals surface area contributed by atoms with Crippen LogP contribution < -0.4 is 0 Å². The Labute approximate surface area is 124 Å². The third-order valence-corrected chi connectivity index (χ3v) is 1.83. The van der Waals surface area contributed by atoms with Gasteiger partial charge in [-0.3, -0.25) is 0 Å². The van der Waals surface area contributed by atoms with Crippen LogP contribution in [0.3, 0.4) is 0 Å². The van der Waals surface area contributed by atoms with E-state index in [1.54, 1.807) is 0 Å². The van der Waals surface area contributed by atoms with Crippen LogP contribution in [0.2, 0.25) is 0 Å². The van der Waals surface area contributed by atoms with E-state index in [0.29, 0.717) is 12.1 Å². The molecule has 0 bridgehead atoms. The van der Waals surface area contributed by atoms with Crippen molar-refractivity contribution in [2.45, 2.75) is 0 Å². The standard InChI is InChI=1S/C9H6O7.Ca/c10-6-2-4(8(13)14)3(7(11)12)1-5(6)9(15)16;/h1-2,10H,(H,11,12)(H,13,14)(H,15,16);. The number of hydrogen-bond donors (Lipinski definition) is 4. The molecule has 0 atom stereocenters. The second-order valence-corrected chi connectivity index (χ2v) is 2.83. The summed E-state index contributed by atoms with van der Waals surface area (Å²) < 4.78 is 0. The quantitative estimate of drug-likeness (QED) is 0.570. The zero-order chi connectivity index (χ0) is 12.5. The van der Waals surface area contributed by atoms with E-state index in [9.17, 15) is 19.5 Å². The summed E-state index contributed by atoms with van der Waals surface area (Å²) in [5.41, 5.74) is -2.03. The molecule has 0 fully saturated rings. The van der Waals surface area contributed by atoms with Crippen molar-refractivity contribution < 1.29 is 34.8 Å². The maximum absolute atomic E-state index is 10.7. The Kier molecular flexibility index (Phi) is 5.40. The monoisotopic (exact) mass is 266 g/mol. The van der Waals surface area contributed by atoms with Gasteiger partial charge in [0, 0.05) is 37.7 Å². The maximum Gasteiger partial charge on any atom is 0.339 e. The SMILES string of the molecule is O=C(O)c1cc(C(=O)O)c(C(=O)O)cc1O.[Ca]. The first-order valence-corrected chi connectivity index (χ1v) is 3.91. The van der Waals surface area contributed by atoms with Crippen molar-refractivity contribution >= 4 is 55.6 Å². The molecule has 4 N–H and O–H groups in total. The van der Waals surface area contributed by atoms with Gasteiger partial charge in [-0.05, 0) is 12.1 Å². The van der Waals surface area contributed by atoms with Crippen molar-refractivity contribution in [2.75, 3.05) is 0 Å². The molecule has 0 spiro atoms. The predicted octanol–water partition coefficient (Wildman–Crippen LogP) is 0.106. The Morgan fingerprint density at radius 1 is 0.765 bits per heavy atom. The van der Waals surface area contributed by atoms with Crippen LogP contribution in [0.25, 0.3) is 0 Å². The van der Waals surface area contributed by atoms with Gasteiger partial charge < -0.3 is 20.4 Å². The smallest absolute Gasteiger partial charge is 0.339 e. The zero-order valence-corrected chi connectivity index (χ0v) is 10.6. The molecule has 0 heterocycles. The first-order chi connectivity index (χ1) is 7.34. The van der Waals surface area contributed by atoms with Crippen molar-refractivity contribution in [2.24, 2.45) is 0 Å². The molecular weight excluding hydrogens is 260 g/mol. The molecule has 1 aromatic rings. The van der Waals surface area contributed by atoms with Gasteiger partial charge in [0.05, 0.1) is 11.1 Å². The predicted molar refractivity (Wildman–Crippen MR) is 54.7 cm³/mol. The second kappa shape index (κ2) is 5.85. The van der Waals surface area contributed by atoms with Gasteiger partial charge in [0.2, 0.25) is 0 Å². The van der Waals surface area contributed by atoms with Crippen molar-refractivity contribution in [3.63, 3.8) is 0 Å². The number of carboxylic acids is 3. The van der Waals surface area contributed by atoms with E-state index in [1.165, 1.54) is 0 Å². The number of hydrogen-bond acceptors (Lipinski definition) is 4. The van der Waals surface area contributed by atoms with Gasteiger partial charge in [-0.25, -0.2) is 14.4 Å². The zero-order valence-electron chi connectivity index (χ0n) is 8.38. The first kappa shape index (κ1) is 15.7. The second-order valence-electron chi connectivity index (χ2n) is 2.83. The molecule has 0 saturated carbocycles. The average molecular weight is 266 g/mol. The van der Waals surface area contributed by atoms with E-state index in [1.807, 2.05) is 0 Å². The average Bonchev–Trinajstić information content (AvgIpc) is 2.15. The topological polar surface area (TPSA) is 132 Å². The number of aromatic carboxylic acids is 3. The van der Waals surface area contributed by atoms with E-state index < -0.39 is 40.3 Å². The number of phenols is 1. The minimum absolute atomic E-state index is 0. The molecule has 17 heavy (non-hydrogen) atoms. The van der Waals surface area contributed by atoms with Gasteiger partial charge in [0.25, 0.3) is 0 Å². The fourth-order valence-corrected chi connectivity index (χ4v) is 1.11. The Morgan fingerprint density at radius 3 is 1.47 bits per heavy atom. The number of carbonyl (C=O) groups is 3. The Hall–Kier alpha value is -1.31. The van der Waals surface area contributed by atoms with Gasteiger partial charge in [0.15, 0.2) is 0 Å². The number of aromatic hydroxyl groups is 1. The van der Waals surface area contributed by atoms with Gasteiger partial charge in [-0.2, -0.15) is 0 Å². The molecular formula is C9H6CaO7. The van der Waals surface area contributed by atoms with Crippen molar-refractivity contribution in [3.05, 3.63) is 28.8 Å². The van der Waals surface area contributed by atoms with Gasteiger partial charge in [-0.15, -0.1) is 0 Å². The minimum Gasteiger partial charge on any atom is -0.507 e. The molecule has 8 heteroatoms. The van der Waals surface area contributed by atoms with Crippen molar-refractivity contribution in [3.8, 4) is 5.75 Å². The number of benzene rings is 1. The Bertz CT molecular complexity index is 494. The fourth-order valence-electron chi connectivity index (χ4n) is 1.11. The van der Waals surface area contributed by atoms with Crippen LogP contribution in [0.4, 0.5) is 0 Å². The summed E-state index contributed by atoms with van der Waals surface area (Å²) >= 11 is 0. The minimum atomic E-state index is -1.58. The summed E-state index contributed by atoms with van der Waals surface area (Å²) in [4.78, 5) is 31.9. The fraction of sp³-hybridized carbons (Fsp3) is 0. The van der Waals surface area contributed by atoms with Gasteiger partial charge >= 0.3 is 17.9 Å². The molecule has 1 aromatic carbocycles. The summed E-state index contributed by atoms with van der Waals surface area (Å²) in [5.74, 6) is -5.49. The van der Waals surface area contributed by atoms with E-state index in [-0.39, 0.29) is 37.7 Å². The summed E-state index contributed by atoms with van der Waals surface area (Å²) in [6.07, 6.45) is 0. The van der Waals surface area contributed by atoms with Crippen LogP contribution >= 0.6 is 0 Å². The molecule has 0 aromatic heterocycles. The number of rotatable bonds is 3. The third-order valence-electron chi connectivity index (χ3n) is 1.83. The maximum atomic E-state index is 10.7. The summed E-state index contributed by atoms with van der Waals surface area (Å²) in [6.45, 7) is 0. The van der Waals surface area contributed by atoms with Crippen molar-refractivity contribution in [1.29, 1.82) is 0 Å². The van der Waals surface area contributed by atoms with Crippen LogP contribution in [0.15, 0.2) is 12.1 Å². The van der Waals surface area contributed by atoms with E-state index in [2.05, 4.69) is 0 Å². The summed E-state index contributed by atoms with van der Waals surface area (Å²) in [7, 11) is 0. The normalized spacial score (nSPS) is 9.18. The molecule has 86 valence electrons. The summed E-state index contributed by atoms with van der Waals surface area (Å²) in [5, 5.41) is 35.1. The van der Waals surface area contributed by atoms with E-state index >= 15 is 0 Å². The third kappa shape index (κ3) is 3.32. The molecule has 0 amide bonds. The van der Waals surface area contributed by atoms with Crippen LogP contribution in [-0.2, 0) is 0 Å². The Morgan fingerprint density at radius 2 is 1.12 bits per heavy atom. The largest absolute Gasteiger partial charge is 0.507 e. The van der Waals surface area contributed by atoms with E-state index in [4.69, 9.17) is 15.3 Å². The molecule has 0 aliphatic heterocycles. The summed E-state index contributed by atoms with van der Waals surface area (Å²) in [6, 6.07) is 1.19. The van der Waals surface area contributed by atoms with Gasteiger partial charge in [0.1, 0.15) is 11.3 Å². The molecule has 2 radical (unpaired) electrons. The van der Waals surface area contributed by atoms with Crippen LogP contribution in [0, 0.1) is 0 Å². The van der Waals surface area contributed by atoms with E-state index in [0.717, 1.165) is 0 Å². The first-order valence-electron chi connectivity index (χ1n) is 3.91. The molecule has 1 rings (SSSR count). The number of carboxylic acid groups (broad SMARTS) is 3. The Balaban J connectivity index is 0.00000256. The van der Waals surface area contributed by atoms with Crippen LogP contribution in [0.1, 0.15) is 31.1 Å². The molecule has 0 unspecified atom stereocenters. The molecule has 0 saturated heterocycles. The molecule has 0 aliphatic rings. The van der Waals surface area contributed by atoms with Gasteiger partial charge in [-0.1, -0.05) is 0 Å². The molecule has 7 nitrogen and oxygen atoms in total. The van der Waals surface area contributed by atoms with Crippen LogP contribution in [0.5, 0.6) is 5.75 Å². The van der Waals surface area contributed by atoms with Crippen molar-refractivity contribution in [1.82, 2.24) is 0 Å². The van der Waals surface area contributed by atoms with Crippen LogP contribution in [-0.4, -0.2) is 76.1 Å².